The monoisotopic (exact) mass is 765 g/mol. The van der Waals surface area contributed by atoms with Crippen molar-refractivity contribution in [3.63, 3.8) is 0 Å². The van der Waals surface area contributed by atoms with Crippen LogP contribution in [0, 0.1) is 0 Å². The Morgan fingerprint density at radius 3 is 1.15 bits per heavy atom. The SMILES string of the molecule is c1ccc(-c2ccc(-c3cc(N(c4ccc(-c5ccccc5)cc4)c4ccc(-c5ccccc5)cc4)c4c(c3)oc3c5ccccc5c(-c5ccccc5)cc34)cc2)cc1. The van der Waals surface area contributed by atoms with Gasteiger partial charge in [0, 0.05) is 22.1 Å². The van der Waals surface area contributed by atoms with Gasteiger partial charge in [0.05, 0.1) is 11.1 Å². The van der Waals surface area contributed by atoms with Gasteiger partial charge in [0.2, 0.25) is 0 Å². The van der Waals surface area contributed by atoms with Crippen LogP contribution in [0.15, 0.2) is 241 Å². The third kappa shape index (κ3) is 6.41. The van der Waals surface area contributed by atoms with Gasteiger partial charge in [-0.05, 0) is 103 Å². The van der Waals surface area contributed by atoms with Crippen molar-refractivity contribution in [2.45, 2.75) is 0 Å². The van der Waals surface area contributed by atoms with E-state index in [9.17, 15) is 0 Å². The molecular weight excluding hydrogens is 727 g/mol. The molecule has 1 heterocycles. The van der Waals surface area contributed by atoms with Crippen molar-refractivity contribution in [3.8, 4) is 55.6 Å². The minimum Gasteiger partial charge on any atom is -0.455 e. The summed E-state index contributed by atoms with van der Waals surface area (Å²) < 4.78 is 7.10. The van der Waals surface area contributed by atoms with Gasteiger partial charge in [-0.15, -0.1) is 0 Å². The largest absolute Gasteiger partial charge is 0.455 e. The van der Waals surface area contributed by atoms with Crippen molar-refractivity contribution in [3.05, 3.63) is 237 Å². The first-order chi connectivity index (χ1) is 29.7. The summed E-state index contributed by atoms with van der Waals surface area (Å²) in [5.41, 5.74) is 16.5. The van der Waals surface area contributed by atoms with Crippen molar-refractivity contribution in [1.29, 1.82) is 0 Å². The summed E-state index contributed by atoms with van der Waals surface area (Å²) in [7, 11) is 0. The Morgan fingerprint density at radius 1 is 0.283 bits per heavy atom. The van der Waals surface area contributed by atoms with E-state index in [2.05, 4.69) is 241 Å². The molecule has 0 saturated carbocycles. The average Bonchev–Trinajstić information content (AvgIpc) is 3.72. The zero-order valence-electron chi connectivity index (χ0n) is 32.9. The zero-order valence-corrected chi connectivity index (χ0v) is 32.9. The molecule has 0 N–H and O–H groups in total. The average molecular weight is 766 g/mol. The van der Waals surface area contributed by atoms with Crippen LogP contribution in [0.4, 0.5) is 17.1 Å². The molecule has 11 aromatic rings. The van der Waals surface area contributed by atoms with Crippen LogP contribution in [0.25, 0.3) is 88.3 Å². The van der Waals surface area contributed by atoms with Gasteiger partial charge in [0.25, 0.3) is 0 Å². The van der Waals surface area contributed by atoms with E-state index < -0.39 is 0 Å². The van der Waals surface area contributed by atoms with Crippen LogP contribution >= 0.6 is 0 Å². The van der Waals surface area contributed by atoms with Gasteiger partial charge in [-0.25, -0.2) is 0 Å². The summed E-state index contributed by atoms with van der Waals surface area (Å²) in [4.78, 5) is 2.40. The first kappa shape index (κ1) is 35.2. The molecule has 0 amide bonds. The lowest BCUT2D eigenvalue weighted by Gasteiger charge is -2.27. The molecule has 0 atom stereocenters. The molecule has 1 aromatic heterocycles. The number of nitrogens with zero attached hydrogens (tertiary/aromatic N) is 1. The summed E-state index contributed by atoms with van der Waals surface area (Å²) in [5, 5.41) is 4.40. The molecule has 0 aliphatic rings. The first-order valence-corrected chi connectivity index (χ1v) is 20.5. The standard InChI is InChI=1S/C58H39NO/c1-5-15-40(16-6-1)43-25-27-46(28-26-43)48-37-55(57-54-39-53(47-21-11-4-12-22-47)51-23-13-14-24-52(51)58(54)60-56(57)38-48)59(49-33-29-44(30-34-49)41-17-7-2-8-18-41)50-35-31-45(32-36-50)42-19-9-3-10-20-42/h1-39H. The van der Waals surface area contributed by atoms with Gasteiger partial charge >= 0.3 is 0 Å². The van der Waals surface area contributed by atoms with Gasteiger partial charge in [-0.2, -0.15) is 0 Å². The fourth-order valence-electron chi connectivity index (χ4n) is 8.69. The Hall–Kier alpha value is -7.94. The van der Waals surface area contributed by atoms with E-state index in [1.807, 2.05) is 0 Å². The second kappa shape index (κ2) is 15.1. The van der Waals surface area contributed by atoms with Crippen LogP contribution in [-0.4, -0.2) is 0 Å². The number of rotatable bonds is 8. The minimum absolute atomic E-state index is 0.840. The van der Waals surface area contributed by atoms with Crippen LogP contribution < -0.4 is 4.90 Å². The highest BCUT2D eigenvalue weighted by Crippen LogP contribution is 2.48. The molecule has 0 fully saturated rings. The number of benzene rings is 10. The number of hydrogen-bond acceptors (Lipinski definition) is 2. The van der Waals surface area contributed by atoms with Crippen LogP contribution in [-0.2, 0) is 0 Å². The smallest absolute Gasteiger partial charge is 0.143 e. The molecule has 282 valence electrons. The highest BCUT2D eigenvalue weighted by molar-refractivity contribution is 6.23. The predicted molar refractivity (Wildman–Crippen MR) is 253 cm³/mol. The lowest BCUT2D eigenvalue weighted by molar-refractivity contribution is 0.673. The van der Waals surface area contributed by atoms with E-state index >= 15 is 0 Å². The second-order valence-electron chi connectivity index (χ2n) is 15.3. The molecule has 0 aliphatic carbocycles. The Balaban J connectivity index is 1.18. The molecule has 10 aromatic carbocycles. The maximum atomic E-state index is 7.10. The molecule has 2 nitrogen and oxygen atoms in total. The molecule has 11 rings (SSSR count). The molecular formula is C58H39NO. The van der Waals surface area contributed by atoms with Crippen molar-refractivity contribution in [2.24, 2.45) is 0 Å². The number of anilines is 3. The van der Waals surface area contributed by atoms with E-state index in [1.54, 1.807) is 0 Å². The normalized spacial score (nSPS) is 11.3. The summed E-state index contributed by atoms with van der Waals surface area (Å²) >= 11 is 0. The van der Waals surface area contributed by atoms with Crippen molar-refractivity contribution >= 4 is 49.8 Å². The van der Waals surface area contributed by atoms with E-state index in [0.717, 1.165) is 55.5 Å². The van der Waals surface area contributed by atoms with Crippen LogP contribution in [0.1, 0.15) is 0 Å². The molecule has 0 radical (unpaired) electrons. The third-order valence-electron chi connectivity index (χ3n) is 11.7. The maximum absolute atomic E-state index is 7.10. The first-order valence-electron chi connectivity index (χ1n) is 20.5. The zero-order chi connectivity index (χ0) is 39.8. The topological polar surface area (TPSA) is 16.4 Å². The lowest BCUT2D eigenvalue weighted by atomic mass is 9.94. The number of furan rings is 1. The van der Waals surface area contributed by atoms with Gasteiger partial charge in [-0.1, -0.05) is 194 Å². The summed E-state index contributed by atoms with van der Waals surface area (Å²) in [6, 6.07) is 84.7. The molecule has 0 unspecified atom stereocenters. The molecule has 0 spiro atoms. The number of fused-ring (bicyclic) bond motifs is 5. The van der Waals surface area contributed by atoms with Crippen LogP contribution in [0.2, 0.25) is 0 Å². The van der Waals surface area contributed by atoms with Gasteiger partial charge in [0.15, 0.2) is 0 Å². The van der Waals surface area contributed by atoms with E-state index in [-0.39, 0.29) is 0 Å². The van der Waals surface area contributed by atoms with Crippen molar-refractivity contribution in [1.82, 2.24) is 0 Å². The summed E-state index contributed by atoms with van der Waals surface area (Å²) in [5.74, 6) is 0. The Morgan fingerprint density at radius 2 is 0.667 bits per heavy atom. The third-order valence-corrected chi connectivity index (χ3v) is 11.7. The molecule has 0 bridgehead atoms. The van der Waals surface area contributed by atoms with E-state index in [4.69, 9.17) is 4.42 Å². The fraction of sp³-hybridized carbons (Fsp3) is 0. The maximum Gasteiger partial charge on any atom is 0.143 e. The van der Waals surface area contributed by atoms with Gasteiger partial charge in [-0.3, -0.25) is 0 Å². The highest BCUT2D eigenvalue weighted by atomic mass is 16.3. The van der Waals surface area contributed by atoms with Gasteiger partial charge < -0.3 is 9.32 Å². The predicted octanol–water partition coefficient (Wildman–Crippen LogP) is 16.5. The summed E-state index contributed by atoms with van der Waals surface area (Å²) in [6.07, 6.45) is 0. The van der Waals surface area contributed by atoms with E-state index in [1.165, 1.54) is 49.9 Å². The van der Waals surface area contributed by atoms with Crippen LogP contribution in [0.5, 0.6) is 0 Å². The Bertz CT molecular complexity index is 3160. The second-order valence-corrected chi connectivity index (χ2v) is 15.3. The molecule has 0 aliphatic heterocycles. The van der Waals surface area contributed by atoms with E-state index in [0.29, 0.717) is 0 Å². The van der Waals surface area contributed by atoms with Crippen molar-refractivity contribution in [2.75, 3.05) is 4.90 Å². The minimum atomic E-state index is 0.840. The molecule has 2 heteroatoms. The van der Waals surface area contributed by atoms with Crippen molar-refractivity contribution < 1.29 is 4.42 Å². The fourth-order valence-corrected chi connectivity index (χ4v) is 8.69. The Kier molecular flexibility index (Phi) is 8.87. The molecule has 60 heavy (non-hydrogen) atoms. The number of hydrogen-bond donors (Lipinski definition) is 0. The lowest BCUT2D eigenvalue weighted by Crippen LogP contribution is -2.10. The quantitative estimate of drug-likeness (QED) is 0.153. The van der Waals surface area contributed by atoms with Gasteiger partial charge in [0.1, 0.15) is 11.2 Å². The van der Waals surface area contributed by atoms with Crippen LogP contribution in [0.3, 0.4) is 0 Å². The summed E-state index contributed by atoms with van der Waals surface area (Å²) in [6.45, 7) is 0. The highest BCUT2D eigenvalue weighted by Gasteiger charge is 2.24. The molecule has 0 saturated heterocycles. The Labute approximate surface area is 349 Å².